The van der Waals surface area contributed by atoms with Crippen LogP contribution in [0.15, 0.2) is 24.3 Å². The number of unbranched alkanes of at least 4 members (excludes halogenated alkanes) is 14. The highest BCUT2D eigenvalue weighted by Crippen LogP contribution is 2.38. The van der Waals surface area contributed by atoms with E-state index >= 15 is 0 Å². The number of carbonyl (C=O) groups excluding carboxylic acids is 2. The molecule has 0 radical (unpaired) electrons. The summed E-state index contributed by atoms with van der Waals surface area (Å²) in [6.45, 7) is 4.10. The molecule has 0 spiro atoms. The van der Waals surface area contributed by atoms with E-state index < -0.39 is 32.5 Å². The predicted molar refractivity (Wildman–Crippen MR) is 185 cm³/mol. The average molecular weight is 674 g/mol. The third kappa shape index (κ3) is 32.4. The summed E-state index contributed by atoms with van der Waals surface area (Å²) in [5.74, 6) is -0.861. The van der Waals surface area contributed by atoms with Crippen molar-refractivity contribution >= 4 is 19.8 Å². The maximum Gasteiger partial charge on any atom is 0.306 e. The predicted octanol–water partition coefficient (Wildman–Crippen LogP) is 8.60. The van der Waals surface area contributed by atoms with Crippen molar-refractivity contribution in [2.24, 2.45) is 0 Å². The fraction of sp³-hybridized carbons (Fsp3) is 0.833. The second-order valence-corrected chi connectivity index (χ2v) is 14.6. The number of esters is 2. The van der Waals surface area contributed by atoms with Crippen LogP contribution < -0.4 is 4.89 Å². The smallest absolute Gasteiger partial charge is 0.306 e. The van der Waals surface area contributed by atoms with Crippen LogP contribution in [-0.2, 0) is 32.7 Å². The van der Waals surface area contributed by atoms with Crippen molar-refractivity contribution in [2.75, 3.05) is 47.5 Å². The van der Waals surface area contributed by atoms with Gasteiger partial charge in [-0.05, 0) is 51.4 Å². The van der Waals surface area contributed by atoms with Gasteiger partial charge in [-0.3, -0.25) is 14.2 Å². The molecule has 1 unspecified atom stereocenters. The Kier molecular flexibility index (Phi) is 28.6. The largest absolute Gasteiger partial charge is 0.756 e. The van der Waals surface area contributed by atoms with Gasteiger partial charge in [0.05, 0.1) is 27.7 Å². The number of allylic oxidation sites excluding steroid dienone is 4. The van der Waals surface area contributed by atoms with E-state index in [0.717, 1.165) is 83.5 Å². The molecule has 0 aromatic rings. The Bertz CT molecular complexity index is 855. The van der Waals surface area contributed by atoms with Crippen LogP contribution in [0, 0.1) is 0 Å². The summed E-state index contributed by atoms with van der Waals surface area (Å²) in [5.41, 5.74) is 0. The molecule has 0 saturated carbocycles. The van der Waals surface area contributed by atoms with Gasteiger partial charge < -0.3 is 27.9 Å². The van der Waals surface area contributed by atoms with E-state index in [9.17, 15) is 19.0 Å². The monoisotopic (exact) mass is 673 g/mol. The molecule has 270 valence electrons. The van der Waals surface area contributed by atoms with Crippen molar-refractivity contribution < 1.29 is 42.1 Å². The lowest BCUT2D eigenvalue weighted by Crippen LogP contribution is -2.37. The van der Waals surface area contributed by atoms with Gasteiger partial charge in [-0.2, -0.15) is 0 Å². The highest BCUT2D eigenvalue weighted by atomic mass is 31.2. The molecule has 0 aliphatic rings. The van der Waals surface area contributed by atoms with Crippen LogP contribution in [0.3, 0.4) is 0 Å². The van der Waals surface area contributed by atoms with E-state index in [1.54, 1.807) is 0 Å². The molecule has 0 N–H and O–H groups in total. The Morgan fingerprint density at radius 1 is 0.652 bits per heavy atom. The number of nitrogens with zero attached hydrogens (tertiary/aromatic N) is 1. The molecule has 0 rings (SSSR count). The molecule has 0 saturated heterocycles. The molecule has 46 heavy (non-hydrogen) atoms. The fourth-order valence-corrected chi connectivity index (χ4v) is 5.22. The third-order valence-electron chi connectivity index (χ3n) is 7.44. The average Bonchev–Trinajstić information content (AvgIpc) is 2.99. The topological polar surface area (TPSA) is 111 Å². The second kappa shape index (κ2) is 29.6. The molecule has 0 fully saturated rings. The molecule has 0 bridgehead atoms. The zero-order valence-corrected chi connectivity index (χ0v) is 30.9. The van der Waals surface area contributed by atoms with Gasteiger partial charge in [0.2, 0.25) is 0 Å². The fourth-order valence-electron chi connectivity index (χ4n) is 4.50. The van der Waals surface area contributed by atoms with E-state index in [4.69, 9.17) is 18.5 Å². The zero-order valence-electron chi connectivity index (χ0n) is 30.0. The van der Waals surface area contributed by atoms with Crippen LogP contribution in [0.2, 0.25) is 0 Å². The number of carbonyl (C=O) groups is 2. The van der Waals surface area contributed by atoms with Crippen molar-refractivity contribution in [1.29, 1.82) is 0 Å². The number of ether oxygens (including phenoxy) is 2. The minimum Gasteiger partial charge on any atom is -0.756 e. The Hall–Kier alpha value is -1.51. The zero-order chi connectivity index (χ0) is 34.4. The van der Waals surface area contributed by atoms with Crippen LogP contribution in [0.25, 0.3) is 0 Å². The lowest BCUT2D eigenvalue weighted by Gasteiger charge is -2.28. The minimum atomic E-state index is -4.61. The summed E-state index contributed by atoms with van der Waals surface area (Å²) in [6.07, 6.45) is 27.8. The van der Waals surface area contributed by atoms with Gasteiger partial charge in [-0.1, -0.05) is 102 Å². The van der Waals surface area contributed by atoms with Crippen LogP contribution in [0.1, 0.15) is 142 Å². The summed E-state index contributed by atoms with van der Waals surface area (Å²) in [6, 6.07) is 0. The molecule has 0 aromatic heterocycles. The van der Waals surface area contributed by atoms with Gasteiger partial charge in [-0.25, -0.2) is 0 Å². The summed E-state index contributed by atoms with van der Waals surface area (Å²) >= 11 is 0. The van der Waals surface area contributed by atoms with Gasteiger partial charge >= 0.3 is 11.9 Å². The van der Waals surface area contributed by atoms with Gasteiger partial charge in [0.15, 0.2) is 6.10 Å². The second-order valence-electron chi connectivity index (χ2n) is 13.2. The lowest BCUT2D eigenvalue weighted by atomic mass is 10.1. The van der Waals surface area contributed by atoms with Crippen LogP contribution in [0.4, 0.5) is 0 Å². The van der Waals surface area contributed by atoms with Crippen molar-refractivity contribution in [3.8, 4) is 0 Å². The molecule has 0 heterocycles. The molecule has 0 aliphatic carbocycles. The first-order valence-corrected chi connectivity index (χ1v) is 19.5. The normalized spacial score (nSPS) is 14.1. The standard InChI is InChI=1S/C36H68NO8P/c1-6-8-10-12-14-16-18-20-22-24-26-28-35(38)42-32-34(33-44-46(40,41)43-31-30-37(3,4)5)45-36(39)29-27-25-23-21-19-17-15-13-11-9-7-2/h12-15,34H,6-11,16-33H2,1-5H3/b14-12?,15-13+/t34-/m1/s1. The highest BCUT2D eigenvalue weighted by molar-refractivity contribution is 7.45. The molecule has 10 heteroatoms. The molecular formula is C36H68NO8P. The van der Waals surface area contributed by atoms with E-state index in [2.05, 4.69) is 38.2 Å². The maximum atomic E-state index is 12.5. The van der Waals surface area contributed by atoms with E-state index in [1.807, 2.05) is 21.1 Å². The molecule has 0 aromatic carbocycles. The van der Waals surface area contributed by atoms with Crippen LogP contribution in [-0.4, -0.2) is 70.0 Å². The third-order valence-corrected chi connectivity index (χ3v) is 8.41. The summed E-state index contributed by atoms with van der Waals surface area (Å²) < 4.78 is 33.6. The van der Waals surface area contributed by atoms with Crippen LogP contribution >= 0.6 is 7.82 Å². The maximum absolute atomic E-state index is 12.5. The molecule has 0 aliphatic heterocycles. The number of quaternary nitrogens is 1. The van der Waals surface area contributed by atoms with Gasteiger partial charge in [0.1, 0.15) is 19.8 Å². The van der Waals surface area contributed by atoms with Crippen molar-refractivity contribution in [3.63, 3.8) is 0 Å². The number of phosphoric acid groups is 1. The number of rotatable bonds is 32. The number of phosphoric ester groups is 1. The highest BCUT2D eigenvalue weighted by Gasteiger charge is 2.21. The van der Waals surface area contributed by atoms with E-state index in [1.165, 1.54) is 25.7 Å². The van der Waals surface area contributed by atoms with E-state index in [-0.39, 0.29) is 26.1 Å². The Balaban J connectivity index is 4.50. The van der Waals surface area contributed by atoms with Crippen molar-refractivity contribution in [1.82, 2.24) is 0 Å². The molecule has 2 atom stereocenters. The Labute approximate surface area is 281 Å². The number of hydrogen-bond donors (Lipinski definition) is 0. The minimum absolute atomic E-state index is 0.0332. The summed E-state index contributed by atoms with van der Waals surface area (Å²) in [4.78, 5) is 37.2. The van der Waals surface area contributed by atoms with Gasteiger partial charge in [0, 0.05) is 12.8 Å². The molecule has 9 nitrogen and oxygen atoms in total. The molecular weight excluding hydrogens is 605 g/mol. The van der Waals surface area contributed by atoms with Crippen LogP contribution in [0.5, 0.6) is 0 Å². The lowest BCUT2D eigenvalue weighted by molar-refractivity contribution is -0.870. The van der Waals surface area contributed by atoms with Crippen molar-refractivity contribution in [3.05, 3.63) is 24.3 Å². The van der Waals surface area contributed by atoms with Gasteiger partial charge in [-0.15, -0.1) is 0 Å². The van der Waals surface area contributed by atoms with E-state index in [0.29, 0.717) is 17.4 Å². The first-order valence-electron chi connectivity index (χ1n) is 18.0. The Morgan fingerprint density at radius 2 is 1.11 bits per heavy atom. The SMILES string of the molecule is CCCCC=CCCCCCCCC(=O)OC[C@H](COP(=O)([O-])OCC[N+](C)(C)C)OC(=O)CCCCCCC/C=C/CCCC. The van der Waals surface area contributed by atoms with Crippen molar-refractivity contribution in [2.45, 2.75) is 148 Å². The quantitative estimate of drug-likeness (QED) is 0.0230. The molecule has 0 amide bonds. The summed E-state index contributed by atoms with van der Waals surface area (Å²) in [5, 5.41) is 0. The first kappa shape index (κ1) is 44.5. The number of hydrogen-bond acceptors (Lipinski definition) is 8. The number of likely N-dealkylation sites (N-methyl/N-ethyl adjacent to an activating group) is 1. The first-order chi connectivity index (χ1) is 22.0. The summed E-state index contributed by atoms with van der Waals surface area (Å²) in [7, 11) is 1.15. The Morgan fingerprint density at radius 3 is 1.61 bits per heavy atom. The van der Waals surface area contributed by atoms with Gasteiger partial charge in [0.25, 0.3) is 7.82 Å².